The highest BCUT2D eigenvalue weighted by Gasteiger charge is 2.38. The number of hydrogen-bond donors (Lipinski definition) is 1. The molecule has 2 aliphatic heterocycles. The number of rotatable bonds is 4. The second-order valence-corrected chi connectivity index (χ2v) is 5.34. The van der Waals surface area contributed by atoms with Gasteiger partial charge >= 0.3 is 5.97 Å². The van der Waals surface area contributed by atoms with Gasteiger partial charge in [0, 0.05) is 18.8 Å². The predicted molar refractivity (Wildman–Crippen MR) is 85.6 cm³/mol. The van der Waals surface area contributed by atoms with Crippen LogP contribution in [-0.2, 0) is 16.0 Å². The molecule has 1 atom stereocenters. The van der Waals surface area contributed by atoms with E-state index in [0.717, 1.165) is 5.56 Å². The third kappa shape index (κ3) is 2.56. The van der Waals surface area contributed by atoms with Gasteiger partial charge in [-0.25, -0.2) is 4.79 Å². The van der Waals surface area contributed by atoms with Gasteiger partial charge in [-0.1, -0.05) is 12.7 Å². The van der Waals surface area contributed by atoms with Gasteiger partial charge in [-0.05, 0) is 24.1 Å². The number of esters is 1. The molecule has 6 heteroatoms. The van der Waals surface area contributed by atoms with Crippen LogP contribution >= 0.6 is 0 Å². The molecule has 2 heterocycles. The van der Waals surface area contributed by atoms with Gasteiger partial charge in [-0.15, -0.1) is 0 Å². The highest BCUT2D eigenvalue weighted by atomic mass is 16.5. The normalized spacial score (nSPS) is 18.6. The molecule has 1 unspecified atom stereocenters. The monoisotopic (exact) mass is 314 g/mol. The molecule has 0 saturated carbocycles. The maximum Gasteiger partial charge on any atom is 0.338 e. The van der Waals surface area contributed by atoms with Crippen LogP contribution in [0.1, 0.15) is 15.9 Å². The van der Waals surface area contributed by atoms with Crippen molar-refractivity contribution in [2.45, 2.75) is 12.5 Å². The van der Waals surface area contributed by atoms with E-state index in [1.165, 1.54) is 12.2 Å². The van der Waals surface area contributed by atoms with Crippen molar-refractivity contribution in [2.24, 2.45) is 0 Å². The number of amides is 1. The summed E-state index contributed by atoms with van der Waals surface area (Å²) in [6, 6.07) is 3.32. The summed E-state index contributed by atoms with van der Waals surface area (Å²) in [5, 5.41) is 3.09. The number of anilines is 1. The predicted octanol–water partition coefficient (Wildman–Crippen LogP) is 1.41. The number of methoxy groups -OCH3 is 1. The largest absolute Gasteiger partial charge is 0.495 e. The fraction of sp³-hybridized carbons (Fsp3) is 0.294. The lowest BCUT2D eigenvalue weighted by Gasteiger charge is -2.23. The summed E-state index contributed by atoms with van der Waals surface area (Å²) < 4.78 is 10.6. The van der Waals surface area contributed by atoms with E-state index in [1.807, 2.05) is 0 Å². The molecule has 0 fully saturated rings. The molecule has 0 spiro atoms. The van der Waals surface area contributed by atoms with E-state index < -0.39 is 5.97 Å². The standard InChI is InChI=1S/C17H18N2O4/c1-3-8-23-17(21)12-4-5-14(22-2)16-13(12)9-11-10-18-7-6-15(20)19(11)16/h3-7,11,18H,1,8-10H2,2H3. The number of nitrogens with zero attached hydrogens (tertiary/aromatic N) is 1. The Morgan fingerprint density at radius 3 is 3.09 bits per heavy atom. The van der Waals surface area contributed by atoms with E-state index in [2.05, 4.69) is 11.9 Å². The van der Waals surface area contributed by atoms with Gasteiger partial charge in [0.1, 0.15) is 12.4 Å². The van der Waals surface area contributed by atoms with Crippen LogP contribution in [-0.4, -0.2) is 38.2 Å². The first kappa shape index (κ1) is 15.1. The summed E-state index contributed by atoms with van der Waals surface area (Å²) in [6.07, 6.45) is 5.23. The van der Waals surface area contributed by atoms with Crippen LogP contribution in [0.4, 0.5) is 5.69 Å². The van der Waals surface area contributed by atoms with Gasteiger partial charge in [0.05, 0.1) is 24.4 Å². The molecule has 6 nitrogen and oxygen atoms in total. The maximum atomic E-state index is 12.4. The Balaban J connectivity index is 2.08. The SMILES string of the molecule is C=CCOC(=O)c1ccc(OC)c2c1CC1CNC=CC(=O)N21. The first-order chi connectivity index (χ1) is 11.2. The van der Waals surface area contributed by atoms with Crippen molar-refractivity contribution in [1.82, 2.24) is 5.32 Å². The number of benzene rings is 1. The average Bonchev–Trinajstić information content (AvgIpc) is 2.85. The van der Waals surface area contributed by atoms with Crippen LogP contribution in [0, 0.1) is 0 Å². The first-order valence-electron chi connectivity index (χ1n) is 7.38. The van der Waals surface area contributed by atoms with Crippen molar-refractivity contribution in [1.29, 1.82) is 0 Å². The number of carbonyl (C=O) groups is 2. The summed E-state index contributed by atoms with van der Waals surface area (Å²) in [6.45, 7) is 4.30. The summed E-state index contributed by atoms with van der Waals surface area (Å²) in [5.41, 5.74) is 1.91. The zero-order valence-corrected chi connectivity index (χ0v) is 12.9. The molecule has 120 valence electrons. The fourth-order valence-electron chi connectivity index (χ4n) is 3.03. The highest BCUT2D eigenvalue weighted by molar-refractivity contribution is 6.07. The summed E-state index contributed by atoms with van der Waals surface area (Å²) in [5.74, 6) is 0.0255. The van der Waals surface area contributed by atoms with E-state index in [4.69, 9.17) is 9.47 Å². The van der Waals surface area contributed by atoms with Crippen molar-refractivity contribution >= 4 is 17.6 Å². The molecule has 0 saturated heterocycles. The minimum absolute atomic E-state index is 0.0604. The highest BCUT2D eigenvalue weighted by Crippen LogP contribution is 2.42. The van der Waals surface area contributed by atoms with Crippen LogP contribution in [0.3, 0.4) is 0 Å². The molecule has 1 amide bonds. The molecule has 0 aromatic heterocycles. The van der Waals surface area contributed by atoms with Crippen LogP contribution in [0.15, 0.2) is 37.1 Å². The van der Waals surface area contributed by atoms with E-state index in [1.54, 1.807) is 30.3 Å². The summed E-state index contributed by atoms with van der Waals surface area (Å²) >= 11 is 0. The Hall–Kier alpha value is -2.76. The Labute approximate surface area is 134 Å². The summed E-state index contributed by atoms with van der Waals surface area (Å²) in [4.78, 5) is 26.4. The Morgan fingerprint density at radius 1 is 1.52 bits per heavy atom. The van der Waals surface area contributed by atoms with Crippen LogP contribution in [0.25, 0.3) is 0 Å². The molecule has 1 N–H and O–H groups in total. The van der Waals surface area contributed by atoms with Crippen molar-refractivity contribution in [2.75, 3.05) is 25.2 Å². The number of fused-ring (bicyclic) bond motifs is 3. The van der Waals surface area contributed by atoms with E-state index >= 15 is 0 Å². The van der Waals surface area contributed by atoms with Gasteiger partial charge in [0.15, 0.2) is 0 Å². The van der Waals surface area contributed by atoms with Crippen molar-refractivity contribution in [3.63, 3.8) is 0 Å². The number of nitrogens with one attached hydrogen (secondary N) is 1. The lowest BCUT2D eigenvalue weighted by molar-refractivity contribution is -0.114. The van der Waals surface area contributed by atoms with Crippen molar-refractivity contribution in [3.05, 3.63) is 48.2 Å². The van der Waals surface area contributed by atoms with Crippen molar-refractivity contribution < 1.29 is 19.1 Å². The quantitative estimate of drug-likeness (QED) is 0.672. The second-order valence-electron chi connectivity index (χ2n) is 5.34. The summed E-state index contributed by atoms with van der Waals surface area (Å²) in [7, 11) is 1.55. The average molecular weight is 314 g/mol. The fourth-order valence-corrected chi connectivity index (χ4v) is 3.03. The number of carbonyl (C=O) groups excluding carboxylic acids is 2. The zero-order valence-electron chi connectivity index (χ0n) is 12.9. The van der Waals surface area contributed by atoms with E-state index in [-0.39, 0.29) is 18.6 Å². The minimum Gasteiger partial charge on any atom is -0.495 e. The number of hydrogen-bond acceptors (Lipinski definition) is 5. The topological polar surface area (TPSA) is 67.9 Å². The molecule has 23 heavy (non-hydrogen) atoms. The van der Waals surface area contributed by atoms with Gasteiger partial charge in [0.25, 0.3) is 5.91 Å². The minimum atomic E-state index is -0.419. The van der Waals surface area contributed by atoms with Gasteiger partial charge in [-0.3, -0.25) is 9.69 Å². The third-order valence-electron chi connectivity index (χ3n) is 4.00. The molecule has 0 bridgehead atoms. The lowest BCUT2D eigenvalue weighted by Crippen LogP contribution is -2.40. The van der Waals surface area contributed by atoms with Gasteiger partial charge < -0.3 is 14.8 Å². The molecular weight excluding hydrogens is 296 g/mol. The Kier molecular flexibility index (Phi) is 4.06. The van der Waals surface area contributed by atoms with Crippen LogP contribution in [0.5, 0.6) is 5.75 Å². The zero-order chi connectivity index (χ0) is 16.4. The number of ether oxygens (including phenoxy) is 2. The molecule has 3 rings (SSSR count). The molecule has 1 aromatic rings. The first-order valence-corrected chi connectivity index (χ1v) is 7.38. The lowest BCUT2D eigenvalue weighted by atomic mass is 10.0. The van der Waals surface area contributed by atoms with Gasteiger partial charge in [0.2, 0.25) is 0 Å². The Morgan fingerprint density at radius 2 is 2.35 bits per heavy atom. The molecule has 1 aromatic carbocycles. The van der Waals surface area contributed by atoms with E-state index in [0.29, 0.717) is 30.0 Å². The third-order valence-corrected chi connectivity index (χ3v) is 4.00. The van der Waals surface area contributed by atoms with E-state index in [9.17, 15) is 9.59 Å². The molecule has 0 aliphatic carbocycles. The van der Waals surface area contributed by atoms with Crippen LogP contribution < -0.4 is 15.0 Å². The van der Waals surface area contributed by atoms with Crippen molar-refractivity contribution in [3.8, 4) is 5.75 Å². The molecule has 0 radical (unpaired) electrons. The smallest absolute Gasteiger partial charge is 0.338 e. The van der Waals surface area contributed by atoms with Gasteiger partial charge in [-0.2, -0.15) is 0 Å². The molecule has 2 aliphatic rings. The Bertz CT molecular complexity index is 696. The van der Waals surface area contributed by atoms with Crippen LogP contribution in [0.2, 0.25) is 0 Å². The second kappa shape index (κ2) is 6.16. The molecular formula is C17H18N2O4. The maximum absolute atomic E-state index is 12.4.